The Morgan fingerprint density at radius 3 is 2.67 bits per heavy atom. The number of aliphatic hydroxyl groups excluding tert-OH is 1. The molecule has 82 valence electrons. The summed E-state index contributed by atoms with van der Waals surface area (Å²) in [5.41, 5.74) is 3.91. The average molecular weight is 225 g/mol. The van der Waals surface area contributed by atoms with Crippen molar-refractivity contribution in [3.63, 3.8) is 0 Å². The van der Waals surface area contributed by atoms with Crippen LogP contribution < -0.4 is 0 Å². The number of fused-ring (bicyclic) bond motifs is 1. The van der Waals surface area contributed by atoms with Gasteiger partial charge in [0.25, 0.3) is 0 Å². The van der Waals surface area contributed by atoms with Crippen molar-refractivity contribution in [1.29, 1.82) is 0 Å². The Bertz CT molecular complexity index is 335. The van der Waals surface area contributed by atoms with Crippen molar-refractivity contribution in [3.8, 4) is 0 Å². The van der Waals surface area contributed by atoms with Gasteiger partial charge in [0.15, 0.2) is 0 Å². The Morgan fingerprint density at radius 1 is 1.20 bits per heavy atom. The molecule has 0 aromatic heterocycles. The zero-order valence-corrected chi connectivity index (χ0v) is 9.63. The van der Waals surface area contributed by atoms with Crippen LogP contribution in [0, 0.1) is 0 Å². The van der Waals surface area contributed by atoms with Crippen molar-refractivity contribution in [1.82, 2.24) is 0 Å². The van der Waals surface area contributed by atoms with Gasteiger partial charge in [0, 0.05) is 5.88 Å². The van der Waals surface area contributed by atoms with Crippen LogP contribution in [0.15, 0.2) is 18.2 Å². The fourth-order valence-electron chi connectivity index (χ4n) is 2.23. The molecular formula is C13H17ClO. The molecule has 0 amide bonds. The lowest BCUT2D eigenvalue weighted by atomic mass is 9.89. The van der Waals surface area contributed by atoms with Gasteiger partial charge in [-0.05, 0) is 48.8 Å². The molecule has 1 aromatic carbocycles. The lowest BCUT2D eigenvalue weighted by molar-refractivity contribution is 0.174. The first-order chi connectivity index (χ1) is 7.31. The van der Waals surface area contributed by atoms with Crippen LogP contribution in [-0.2, 0) is 12.8 Å². The zero-order valence-electron chi connectivity index (χ0n) is 8.88. The summed E-state index contributed by atoms with van der Waals surface area (Å²) in [6.45, 7) is 0. The molecule has 0 aliphatic heterocycles. The van der Waals surface area contributed by atoms with Crippen molar-refractivity contribution >= 4 is 11.6 Å². The van der Waals surface area contributed by atoms with Gasteiger partial charge in [-0.2, -0.15) is 0 Å². The van der Waals surface area contributed by atoms with Gasteiger partial charge < -0.3 is 5.11 Å². The molecule has 0 saturated heterocycles. The summed E-state index contributed by atoms with van der Waals surface area (Å²) in [6.07, 6.45) is 5.19. The first kappa shape index (κ1) is 11.0. The van der Waals surface area contributed by atoms with Gasteiger partial charge in [-0.1, -0.05) is 18.2 Å². The lowest BCUT2D eigenvalue weighted by Crippen LogP contribution is -2.05. The first-order valence-electron chi connectivity index (χ1n) is 5.67. The molecule has 1 N–H and O–H groups in total. The smallest absolute Gasteiger partial charge is 0.0801 e. The molecule has 1 aromatic rings. The maximum absolute atomic E-state index is 9.84. The monoisotopic (exact) mass is 224 g/mol. The minimum absolute atomic E-state index is 0.394. The quantitative estimate of drug-likeness (QED) is 0.782. The van der Waals surface area contributed by atoms with Gasteiger partial charge >= 0.3 is 0 Å². The summed E-state index contributed by atoms with van der Waals surface area (Å²) in [4.78, 5) is 0. The number of benzene rings is 1. The van der Waals surface area contributed by atoms with Crippen molar-refractivity contribution in [2.45, 2.75) is 38.2 Å². The van der Waals surface area contributed by atoms with Crippen molar-refractivity contribution in [2.75, 3.05) is 5.88 Å². The van der Waals surface area contributed by atoms with Crippen LogP contribution in [0.2, 0.25) is 0 Å². The van der Waals surface area contributed by atoms with E-state index in [4.69, 9.17) is 11.6 Å². The number of rotatable bonds is 3. The van der Waals surface area contributed by atoms with E-state index in [1.165, 1.54) is 30.4 Å². The summed E-state index contributed by atoms with van der Waals surface area (Å²) in [5, 5.41) is 9.84. The zero-order chi connectivity index (χ0) is 10.7. The Morgan fingerprint density at radius 2 is 1.93 bits per heavy atom. The van der Waals surface area contributed by atoms with Crippen LogP contribution >= 0.6 is 11.6 Å². The highest BCUT2D eigenvalue weighted by Gasteiger charge is 2.12. The molecule has 1 aliphatic carbocycles. The standard InChI is InChI=1S/C13H17ClO/c14-8-7-13(15)12-6-5-10-3-1-2-4-11(10)9-12/h5-6,9,13,15H,1-4,7-8H2. The third kappa shape index (κ3) is 2.53. The van der Waals surface area contributed by atoms with Crippen molar-refractivity contribution < 1.29 is 5.11 Å². The van der Waals surface area contributed by atoms with E-state index in [-0.39, 0.29) is 0 Å². The Hall–Kier alpha value is -0.530. The number of hydrogen-bond acceptors (Lipinski definition) is 1. The summed E-state index contributed by atoms with van der Waals surface area (Å²) >= 11 is 5.63. The maximum Gasteiger partial charge on any atom is 0.0801 e. The second-order valence-corrected chi connectivity index (χ2v) is 4.61. The molecule has 0 radical (unpaired) electrons. The lowest BCUT2D eigenvalue weighted by Gasteiger charge is -2.18. The molecule has 0 heterocycles. The van der Waals surface area contributed by atoms with Crippen molar-refractivity contribution in [2.24, 2.45) is 0 Å². The van der Waals surface area contributed by atoms with Gasteiger partial charge in [0.2, 0.25) is 0 Å². The van der Waals surface area contributed by atoms with Gasteiger partial charge in [-0.25, -0.2) is 0 Å². The third-order valence-electron chi connectivity index (χ3n) is 3.14. The van der Waals surface area contributed by atoms with Gasteiger partial charge in [0.05, 0.1) is 6.10 Å². The Balaban J connectivity index is 2.20. The number of hydrogen-bond donors (Lipinski definition) is 1. The molecule has 1 aliphatic rings. The van der Waals surface area contributed by atoms with E-state index < -0.39 is 6.10 Å². The SMILES string of the molecule is OC(CCCl)c1ccc2c(c1)CCCC2. The van der Waals surface area contributed by atoms with Gasteiger partial charge in [-0.3, -0.25) is 0 Å². The van der Waals surface area contributed by atoms with E-state index >= 15 is 0 Å². The third-order valence-corrected chi connectivity index (χ3v) is 3.36. The summed E-state index contributed by atoms with van der Waals surface area (Å²) < 4.78 is 0. The van der Waals surface area contributed by atoms with E-state index in [1.807, 2.05) is 6.07 Å². The Labute approximate surface area is 96.1 Å². The van der Waals surface area contributed by atoms with Crippen LogP contribution in [0.3, 0.4) is 0 Å². The van der Waals surface area contributed by atoms with E-state index in [0.717, 1.165) is 12.0 Å². The number of halogens is 1. The fraction of sp³-hybridized carbons (Fsp3) is 0.538. The summed E-state index contributed by atoms with van der Waals surface area (Å²) in [6, 6.07) is 6.37. The minimum atomic E-state index is -0.394. The number of alkyl halides is 1. The average Bonchev–Trinajstić information content (AvgIpc) is 2.29. The molecule has 0 bridgehead atoms. The molecule has 0 saturated carbocycles. The van der Waals surface area contributed by atoms with Crippen LogP contribution in [0.25, 0.3) is 0 Å². The van der Waals surface area contributed by atoms with E-state index in [0.29, 0.717) is 12.3 Å². The van der Waals surface area contributed by atoms with Crippen LogP contribution in [0.1, 0.15) is 42.1 Å². The minimum Gasteiger partial charge on any atom is -0.388 e. The fourth-order valence-corrected chi connectivity index (χ4v) is 2.44. The molecule has 2 rings (SSSR count). The summed E-state index contributed by atoms with van der Waals surface area (Å²) in [7, 11) is 0. The van der Waals surface area contributed by atoms with Gasteiger partial charge in [0.1, 0.15) is 0 Å². The molecule has 2 heteroatoms. The molecular weight excluding hydrogens is 208 g/mol. The van der Waals surface area contributed by atoms with Crippen molar-refractivity contribution in [3.05, 3.63) is 34.9 Å². The number of aliphatic hydroxyl groups is 1. The molecule has 0 fully saturated rings. The Kier molecular flexibility index (Phi) is 3.66. The highest BCUT2D eigenvalue weighted by molar-refractivity contribution is 6.17. The van der Waals surface area contributed by atoms with Crippen LogP contribution in [0.4, 0.5) is 0 Å². The molecule has 15 heavy (non-hydrogen) atoms. The molecule has 1 nitrogen and oxygen atoms in total. The van der Waals surface area contributed by atoms with E-state index in [1.54, 1.807) is 0 Å². The predicted molar refractivity (Wildman–Crippen MR) is 63.4 cm³/mol. The second kappa shape index (κ2) is 5.00. The topological polar surface area (TPSA) is 20.2 Å². The van der Waals surface area contributed by atoms with Crippen LogP contribution in [0.5, 0.6) is 0 Å². The molecule has 0 spiro atoms. The largest absolute Gasteiger partial charge is 0.388 e. The predicted octanol–water partition coefficient (Wildman–Crippen LogP) is 3.23. The van der Waals surface area contributed by atoms with E-state index in [2.05, 4.69) is 12.1 Å². The molecule has 1 unspecified atom stereocenters. The highest BCUT2D eigenvalue weighted by atomic mass is 35.5. The summed E-state index contributed by atoms with van der Waals surface area (Å²) in [5.74, 6) is 0.512. The van der Waals surface area contributed by atoms with Gasteiger partial charge in [-0.15, -0.1) is 11.6 Å². The van der Waals surface area contributed by atoms with E-state index in [9.17, 15) is 5.11 Å². The normalized spacial score (nSPS) is 17.2. The van der Waals surface area contributed by atoms with Crippen LogP contribution in [-0.4, -0.2) is 11.0 Å². The first-order valence-corrected chi connectivity index (χ1v) is 6.20. The highest BCUT2D eigenvalue weighted by Crippen LogP contribution is 2.26. The second-order valence-electron chi connectivity index (χ2n) is 4.23. The molecule has 1 atom stereocenters. The number of aryl methyl sites for hydroxylation is 2. The maximum atomic E-state index is 9.84.